The number of aromatic nitrogens is 3. The van der Waals surface area contributed by atoms with Crippen molar-refractivity contribution in [3.8, 4) is 11.4 Å². The molecule has 0 bridgehead atoms. The highest BCUT2D eigenvalue weighted by Crippen LogP contribution is 2.28. The summed E-state index contributed by atoms with van der Waals surface area (Å²) in [6.45, 7) is 5.25. The lowest BCUT2D eigenvalue weighted by Gasteiger charge is -2.17. The normalized spacial score (nSPS) is 11.0. The number of thioether (sulfide) groups is 1. The number of nitrogens with zero attached hydrogens (tertiary/aromatic N) is 4. The molecule has 2 aromatic carbocycles. The molecule has 0 spiro atoms. The number of rotatable bonds is 9. The Hall–Kier alpha value is -3.32. The molecule has 0 aliphatic rings. The molecule has 4 rings (SSSR count). The highest BCUT2D eigenvalue weighted by atomic mass is 32.2. The van der Waals surface area contributed by atoms with Crippen LogP contribution in [-0.4, -0.2) is 38.4 Å². The zero-order chi connectivity index (χ0) is 23.2. The quantitative estimate of drug-likeness (QED) is 0.321. The van der Waals surface area contributed by atoms with Crippen LogP contribution in [0.5, 0.6) is 0 Å². The molecule has 0 radical (unpaired) electrons. The summed E-state index contributed by atoms with van der Waals surface area (Å²) in [4.78, 5) is 14.6. The average molecular weight is 461 g/mol. The smallest absolute Gasteiger partial charge is 0.233 e. The van der Waals surface area contributed by atoms with Crippen LogP contribution in [-0.2, 0) is 24.3 Å². The number of hydrogen-bond acceptors (Lipinski definition) is 5. The van der Waals surface area contributed by atoms with Crippen molar-refractivity contribution in [3.63, 3.8) is 0 Å². The van der Waals surface area contributed by atoms with Crippen LogP contribution in [0, 0.1) is 6.92 Å². The second-order valence-electron chi connectivity index (χ2n) is 7.98. The summed E-state index contributed by atoms with van der Waals surface area (Å²) >= 11 is 1.41. The molecule has 0 aliphatic carbocycles. The van der Waals surface area contributed by atoms with Crippen LogP contribution < -0.4 is 0 Å². The van der Waals surface area contributed by atoms with Gasteiger partial charge in [-0.25, -0.2) is 0 Å². The average Bonchev–Trinajstić information content (AvgIpc) is 3.44. The molecular formula is C26H28N4O2S. The van der Waals surface area contributed by atoms with Gasteiger partial charge in [-0.3, -0.25) is 9.36 Å². The van der Waals surface area contributed by atoms with Gasteiger partial charge in [0.25, 0.3) is 0 Å². The van der Waals surface area contributed by atoms with E-state index in [0.717, 1.165) is 34.7 Å². The lowest BCUT2D eigenvalue weighted by Crippen LogP contribution is -2.28. The number of benzene rings is 2. The van der Waals surface area contributed by atoms with Crippen molar-refractivity contribution in [1.29, 1.82) is 0 Å². The number of hydrogen-bond donors (Lipinski definition) is 0. The van der Waals surface area contributed by atoms with Gasteiger partial charge in [0.15, 0.2) is 11.0 Å². The van der Waals surface area contributed by atoms with Gasteiger partial charge in [-0.1, -0.05) is 73.3 Å². The molecule has 33 heavy (non-hydrogen) atoms. The molecule has 4 aromatic rings. The molecule has 0 N–H and O–H groups in total. The van der Waals surface area contributed by atoms with Gasteiger partial charge < -0.3 is 9.32 Å². The number of furan rings is 1. The third-order valence-electron chi connectivity index (χ3n) is 5.60. The Morgan fingerprint density at radius 3 is 2.39 bits per heavy atom. The highest BCUT2D eigenvalue weighted by molar-refractivity contribution is 7.99. The van der Waals surface area contributed by atoms with Crippen molar-refractivity contribution in [3.05, 3.63) is 89.4 Å². The van der Waals surface area contributed by atoms with Crippen LogP contribution in [0.3, 0.4) is 0 Å². The molecule has 170 valence electrons. The zero-order valence-corrected chi connectivity index (χ0v) is 20.0. The Bertz CT molecular complexity index is 1200. The van der Waals surface area contributed by atoms with Gasteiger partial charge in [-0.15, -0.1) is 10.2 Å². The van der Waals surface area contributed by atoms with Gasteiger partial charge in [0.1, 0.15) is 5.76 Å². The number of carbonyl (C=O) groups excluding carboxylic acids is 1. The summed E-state index contributed by atoms with van der Waals surface area (Å²) in [5.41, 5.74) is 4.47. The number of amides is 1. The first-order valence-electron chi connectivity index (χ1n) is 11.0. The molecule has 7 heteroatoms. The maximum absolute atomic E-state index is 12.8. The van der Waals surface area contributed by atoms with Crippen LogP contribution in [0.25, 0.3) is 11.4 Å². The highest BCUT2D eigenvalue weighted by Gasteiger charge is 2.19. The molecule has 0 unspecified atom stereocenters. The maximum Gasteiger partial charge on any atom is 0.233 e. The second-order valence-corrected chi connectivity index (χ2v) is 8.92. The van der Waals surface area contributed by atoms with Gasteiger partial charge in [-0.2, -0.15) is 0 Å². The fourth-order valence-electron chi connectivity index (χ4n) is 3.60. The van der Waals surface area contributed by atoms with E-state index in [4.69, 9.17) is 4.42 Å². The van der Waals surface area contributed by atoms with Crippen LogP contribution in [0.4, 0.5) is 0 Å². The minimum atomic E-state index is 0.0508. The first-order chi connectivity index (χ1) is 16.0. The van der Waals surface area contributed by atoms with Gasteiger partial charge in [0.2, 0.25) is 5.91 Å². The number of aryl methyl sites for hydroxylation is 2. The molecule has 0 atom stereocenters. The summed E-state index contributed by atoms with van der Waals surface area (Å²) in [5, 5.41) is 9.55. The van der Waals surface area contributed by atoms with Crippen molar-refractivity contribution in [2.24, 2.45) is 0 Å². The van der Waals surface area contributed by atoms with E-state index in [2.05, 4.69) is 58.1 Å². The Morgan fingerprint density at radius 2 is 1.73 bits per heavy atom. The summed E-state index contributed by atoms with van der Waals surface area (Å²) in [6.07, 6.45) is 2.67. The topological polar surface area (TPSA) is 64.2 Å². The monoisotopic (exact) mass is 460 g/mol. The Kier molecular flexibility index (Phi) is 7.29. The van der Waals surface area contributed by atoms with Crippen molar-refractivity contribution >= 4 is 17.7 Å². The molecule has 0 saturated heterocycles. The van der Waals surface area contributed by atoms with E-state index < -0.39 is 0 Å². The Balaban J connectivity index is 1.48. The standard InChI is InChI=1S/C26H28N4O2S/c1-4-20-10-12-22(13-11-20)16-29(3)24(31)18-33-26-28-27-25(23-14-15-32-19(23)2)30(26)17-21-8-6-5-7-9-21/h5-15H,4,16-18H2,1-3H3. The Morgan fingerprint density at radius 1 is 1.00 bits per heavy atom. The van der Waals surface area contributed by atoms with E-state index in [1.54, 1.807) is 11.2 Å². The fraction of sp³-hybridized carbons (Fsp3) is 0.269. The van der Waals surface area contributed by atoms with Crippen LogP contribution in [0.1, 0.15) is 29.4 Å². The molecule has 6 nitrogen and oxygen atoms in total. The van der Waals surface area contributed by atoms with E-state index in [9.17, 15) is 4.79 Å². The zero-order valence-electron chi connectivity index (χ0n) is 19.2. The lowest BCUT2D eigenvalue weighted by molar-refractivity contribution is -0.127. The maximum atomic E-state index is 12.8. The minimum absolute atomic E-state index is 0.0508. The van der Waals surface area contributed by atoms with Crippen LogP contribution in [0.2, 0.25) is 0 Å². The fourth-order valence-corrected chi connectivity index (χ4v) is 4.48. The van der Waals surface area contributed by atoms with Gasteiger partial charge in [0, 0.05) is 13.6 Å². The summed E-state index contributed by atoms with van der Waals surface area (Å²) in [5.74, 6) is 1.87. The SMILES string of the molecule is CCc1ccc(CN(C)C(=O)CSc2nnc(-c3ccoc3C)n2Cc2ccccc2)cc1. The third-order valence-corrected chi connectivity index (χ3v) is 6.55. The third kappa shape index (κ3) is 5.54. The van der Waals surface area contributed by atoms with Crippen molar-refractivity contribution in [1.82, 2.24) is 19.7 Å². The second kappa shape index (κ2) is 10.5. The molecular weight excluding hydrogens is 432 g/mol. The Labute approximate surface area is 198 Å². The summed E-state index contributed by atoms with van der Waals surface area (Å²) < 4.78 is 7.54. The van der Waals surface area contributed by atoms with E-state index in [0.29, 0.717) is 24.0 Å². The molecule has 0 aliphatic heterocycles. The first-order valence-corrected chi connectivity index (χ1v) is 12.0. The summed E-state index contributed by atoms with van der Waals surface area (Å²) in [7, 11) is 1.84. The first kappa shape index (κ1) is 22.9. The van der Waals surface area contributed by atoms with Crippen LogP contribution in [0.15, 0.2) is 76.5 Å². The number of carbonyl (C=O) groups is 1. The molecule has 1 amide bonds. The van der Waals surface area contributed by atoms with E-state index in [1.807, 2.05) is 38.2 Å². The van der Waals surface area contributed by atoms with Gasteiger partial charge in [-0.05, 0) is 36.1 Å². The van der Waals surface area contributed by atoms with E-state index in [-0.39, 0.29) is 5.91 Å². The van der Waals surface area contributed by atoms with Crippen molar-refractivity contribution in [2.75, 3.05) is 12.8 Å². The lowest BCUT2D eigenvalue weighted by atomic mass is 10.1. The predicted molar refractivity (Wildman–Crippen MR) is 131 cm³/mol. The van der Waals surface area contributed by atoms with E-state index >= 15 is 0 Å². The minimum Gasteiger partial charge on any atom is -0.469 e. The largest absolute Gasteiger partial charge is 0.469 e. The molecule has 0 fully saturated rings. The van der Waals surface area contributed by atoms with Crippen molar-refractivity contribution < 1.29 is 9.21 Å². The molecule has 2 aromatic heterocycles. The van der Waals surface area contributed by atoms with Crippen LogP contribution >= 0.6 is 11.8 Å². The van der Waals surface area contributed by atoms with Gasteiger partial charge in [0.05, 0.1) is 24.1 Å². The van der Waals surface area contributed by atoms with Crippen molar-refractivity contribution in [2.45, 2.75) is 38.5 Å². The predicted octanol–water partition coefficient (Wildman–Crippen LogP) is 5.21. The van der Waals surface area contributed by atoms with E-state index in [1.165, 1.54) is 17.3 Å². The molecule has 0 saturated carbocycles. The summed E-state index contributed by atoms with van der Waals surface area (Å²) in [6, 6.07) is 20.5. The molecule has 2 heterocycles. The van der Waals surface area contributed by atoms with Gasteiger partial charge >= 0.3 is 0 Å².